The van der Waals surface area contributed by atoms with Gasteiger partial charge in [-0.05, 0) is 15.9 Å². The Kier molecular flexibility index (Phi) is 2.74. The standard InChI is InChI=1S/C6H4BrF3N2O2/c7-4-2(11)1-3(13)12-5(4)14-6(8,9)10/h1H,(H3,11,12,13). The van der Waals surface area contributed by atoms with Crippen LogP contribution in [0.15, 0.2) is 15.3 Å². The molecular formula is C6H4BrF3N2O2. The van der Waals surface area contributed by atoms with Crippen molar-refractivity contribution >= 4 is 21.6 Å². The molecule has 0 saturated carbocycles. The second kappa shape index (κ2) is 3.52. The summed E-state index contributed by atoms with van der Waals surface area (Å²) in [4.78, 5) is 12.6. The van der Waals surface area contributed by atoms with Crippen molar-refractivity contribution in [2.24, 2.45) is 0 Å². The molecule has 0 unspecified atom stereocenters. The molecule has 0 spiro atoms. The fourth-order valence-electron chi connectivity index (χ4n) is 0.725. The zero-order valence-corrected chi connectivity index (χ0v) is 8.07. The van der Waals surface area contributed by atoms with E-state index >= 15 is 0 Å². The van der Waals surface area contributed by atoms with Gasteiger partial charge in [0.05, 0.1) is 5.69 Å². The van der Waals surface area contributed by atoms with E-state index < -0.39 is 17.8 Å². The predicted octanol–water partition coefficient (Wildman–Crippen LogP) is 1.62. The molecule has 0 bridgehead atoms. The highest BCUT2D eigenvalue weighted by atomic mass is 79.9. The van der Waals surface area contributed by atoms with Gasteiger partial charge in [-0.1, -0.05) is 0 Å². The number of hydrogen-bond acceptors (Lipinski definition) is 3. The molecule has 8 heteroatoms. The third-order valence-electron chi connectivity index (χ3n) is 1.19. The van der Waals surface area contributed by atoms with E-state index in [4.69, 9.17) is 5.73 Å². The molecule has 0 aliphatic carbocycles. The number of nitrogens with two attached hydrogens (primary N) is 1. The van der Waals surface area contributed by atoms with Gasteiger partial charge in [0.2, 0.25) is 5.88 Å². The SMILES string of the molecule is Nc1cc(=O)[nH]c(OC(F)(F)F)c1Br. The molecule has 0 aliphatic heterocycles. The van der Waals surface area contributed by atoms with Crippen LogP contribution in [0.4, 0.5) is 18.9 Å². The number of rotatable bonds is 1. The average molecular weight is 273 g/mol. The Morgan fingerprint density at radius 2 is 2.07 bits per heavy atom. The van der Waals surface area contributed by atoms with Gasteiger partial charge in [0.1, 0.15) is 4.47 Å². The van der Waals surface area contributed by atoms with Gasteiger partial charge in [-0.15, -0.1) is 13.2 Å². The van der Waals surface area contributed by atoms with Crippen molar-refractivity contribution in [3.63, 3.8) is 0 Å². The molecule has 0 saturated heterocycles. The molecule has 0 radical (unpaired) electrons. The summed E-state index contributed by atoms with van der Waals surface area (Å²) in [6.07, 6.45) is -4.88. The minimum Gasteiger partial charge on any atom is -0.397 e. The first-order valence-electron chi connectivity index (χ1n) is 3.23. The van der Waals surface area contributed by atoms with E-state index in [9.17, 15) is 18.0 Å². The molecule has 78 valence electrons. The van der Waals surface area contributed by atoms with Gasteiger partial charge in [0.25, 0.3) is 5.56 Å². The van der Waals surface area contributed by atoms with Crippen LogP contribution in [0.1, 0.15) is 0 Å². The molecule has 0 atom stereocenters. The Hall–Kier alpha value is -1.18. The van der Waals surface area contributed by atoms with Gasteiger partial charge in [-0.2, -0.15) is 0 Å². The molecule has 3 N–H and O–H groups in total. The van der Waals surface area contributed by atoms with E-state index in [1.807, 2.05) is 4.98 Å². The second-order valence-electron chi connectivity index (χ2n) is 2.28. The number of aromatic amines is 1. The van der Waals surface area contributed by atoms with Gasteiger partial charge in [-0.25, -0.2) is 0 Å². The number of aromatic nitrogens is 1. The summed E-state index contributed by atoms with van der Waals surface area (Å²) in [6.45, 7) is 0. The lowest BCUT2D eigenvalue weighted by Gasteiger charge is -2.10. The molecular weight excluding hydrogens is 269 g/mol. The van der Waals surface area contributed by atoms with Crippen LogP contribution in [-0.4, -0.2) is 11.3 Å². The van der Waals surface area contributed by atoms with Crippen LogP contribution in [0.2, 0.25) is 0 Å². The Morgan fingerprint density at radius 1 is 1.50 bits per heavy atom. The van der Waals surface area contributed by atoms with Crippen molar-refractivity contribution < 1.29 is 17.9 Å². The lowest BCUT2D eigenvalue weighted by atomic mass is 10.4. The highest BCUT2D eigenvalue weighted by Crippen LogP contribution is 2.30. The molecule has 14 heavy (non-hydrogen) atoms. The first-order valence-corrected chi connectivity index (χ1v) is 4.03. The van der Waals surface area contributed by atoms with Crippen molar-refractivity contribution in [2.75, 3.05) is 5.73 Å². The molecule has 1 aromatic heterocycles. The number of hydrogen-bond donors (Lipinski definition) is 2. The average Bonchev–Trinajstić information content (AvgIpc) is 1.96. The molecule has 0 aromatic carbocycles. The van der Waals surface area contributed by atoms with E-state index in [1.165, 1.54) is 0 Å². The van der Waals surface area contributed by atoms with Crippen LogP contribution in [0, 0.1) is 0 Å². The van der Waals surface area contributed by atoms with Crippen LogP contribution >= 0.6 is 15.9 Å². The number of anilines is 1. The molecule has 0 amide bonds. The van der Waals surface area contributed by atoms with Gasteiger partial charge in [0, 0.05) is 6.07 Å². The van der Waals surface area contributed by atoms with Crippen molar-refractivity contribution in [1.29, 1.82) is 0 Å². The van der Waals surface area contributed by atoms with Gasteiger partial charge >= 0.3 is 6.36 Å². The van der Waals surface area contributed by atoms with Gasteiger partial charge in [-0.3, -0.25) is 9.78 Å². The van der Waals surface area contributed by atoms with Crippen molar-refractivity contribution in [3.8, 4) is 5.88 Å². The first kappa shape index (κ1) is 10.9. The number of ether oxygens (including phenoxy) is 1. The van der Waals surface area contributed by atoms with Gasteiger partial charge < -0.3 is 10.5 Å². The normalized spacial score (nSPS) is 11.4. The maximum Gasteiger partial charge on any atom is 0.574 e. The summed E-state index contributed by atoms with van der Waals surface area (Å²) in [7, 11) is 0. The monoisotopic (exact) mass is 272 g/mol. The second-order valence-corrected chi connectivity index (χ2v) is 3.07. The lowest BCUT2D eigenvalue weighted by Crippen LogP contribution is -2.20. The lowest BCUT2D eigenvalue weighted by molar-refractivity contribution is -0.276. The number of nitrogen functional groups attached to an aromatic ring is 1. The summed E-state index contributed by atoms with van der Waals surface area (Å²) in [6, 6.07) is 0.938. The quantitative estimate of drug-likeness (QED) is 0.816. The molecule has 1 heterocycles. The summed E-state index contributed by atoms with van der Waals surface area (Å²) in [5.41, 5.74) is 4.32. The molecule has 0 fully saturated rings. The topological polar surface area (TPSA) is 68.1 Å². The number of alkyl halides is 3. The molecule has 4 nitrogen and oxygen atoms in total. The number of pyridine rings is 1. The van der Waals surface area contributed by atoms with E-state index in [2.05, 4.69) is 20.7 Å². The fraction of sp³-hybridized carbons (Fsp3) is 0.167. The summed E-state index contributed by atoms with van der Waals surface area (Å²) in [5.74, 6) is -0.762. The largest absolute Gasteiger partial charge is 0.574 e. The minimum absolute atomic E-state index is 0.131. The van der Waals surface area contributed by atoms with Crippen LogP contribution < -0.4 is 16.0 Å². The van der Waals surface area contributed by atoms with Crippen LogP contribution in [-0.2, 0) is 0 Å². The fourth-order valence-corrected chi connectivity index (χ4v) is 1.02. The Bertz CT molecular complexity index is 401. The van der Waals surface area contributed by atoms with Crippen LogP contribution in [0.5, 0.6) is 5.88 Å². The van der Waals surface area contributed by atoms with Crippen molar-refractivity contribution in [3.05, 3.63) is 20.9 Å². The van der Waals surface area contributed by atoms with Crippen LogP contribution in [0.3, 0.4) is 0 Å². The number of H-pyrrole nitrogens is 1. The van der Waals surface area contributed by atoms with Crippen molar-refractivity contribution in [1.82, 2.24) is 4.98 Å². The van der Waals surface area contributed by atoms with E-state index in [0.717, 1.165) is 6.07 Å². The van der Waals surface area contributed by atoms with E-state index in [0.29, 0.717) is 0 Å². The Balaban J connectivity index is 3.15. The van der Waals surface area contributed by atoms with Crippen LogP contribution in [0.25, 0.3) is 0 Å². The van der Waals surface area contributed by atoms with E-state index in [1.54, 1.807) is 0 Å². The number of nitrogens with one attached hydrogen (secondary N) is 1. The maximum absolute atomic E-state index is 11.8. The molecule has 0 aliphatic rings. The highest BCUT2D eigenvalue weighted by molar-refractivity contribution is 9.10. The predicted molar refractivity (Wildman–Crippen MR) is 45.9 cm³/mol. The molecule has 1 rings (SSSR count). The van der Waals surface area contributed by atoms with Gasteiger partial charge in [0.15, 0.2) is 0 Å². The zero-order valence-electron chi connectivity index (χ0n) is 6.48. The van der Waals surface area contributed by atoms with E-state index in [-0.39, 0.29) is 10.2 Å². The minimum atomic E-state index is -4.88. The summed E-state index contributed by atoms with van der Waals surface area (Å²) in [5, 5.41) is 0. The third-order valence-corrected chi connectivity index (χ3v) is 2.01. The third kappa shape index (κ3) is 2.66. The highest BCUT2D eigenvalue weighted by Gasteiger charge is 2.32. The summed E-state index contributed by atoms with van der Waals surface area (Å²) < 4.78 is 38.7. The first-order chi connectivity index (χ1) is 6.29. The zero-order chi connectivity index (χ0) is 10.9. The molecule has 1 aromatic rings. The maximum atomic E-state index is 11.8. The Labute approximate surface area is 84.0 Å². The number of halogens is 4. The smallest absolute Gasteiger partial charge is 0.397 e. The Morgan fingerprint density at radius 3 is 2.57 bits per heavy atom. The van der Waals surface area contributed by atoms with Crippen molar-refractivity contribution in [2.45, 2.75) is 6.36 Å². The summed E-state index contributed by atoms with van der Waals surface area (Å²) >= 11 is 2.75.